The molecule has 1 fully saturated rings. The molecule has 142 valence electrons. The molecule has 0 radical (unpaired) electrons. The van der Waals surface area contributed by atoms with Gasteiger partial charge in [0.15, 0.2) is 0 Å². The zero-order valence-electron chi connectivity index (χ0n) is 15.7. The summed E-state index contributed by atoms with van der Waals surface area (Å²) < 4.78 is 5.55. The highest BCUT2D eigenvalue weighted by Crippen LogP contribution is 2.23. The molecule has 0 bridgehead atoms. The van der Waals surface area contributed by atoms with Crippen LogP contribution < -0.4 is 15.7 Å². The first kappa shape index (κ1) is 17.8. The molecule has 1 aliphatic rings. The molecular formula is C21H26N4O2. The minimum absolute atomic E-state index is 0.168. The first-order valence-electron chi connectivity index (χ1n) is 9.51. The Morgan fingerprint density at radius 2 is 1.70 bits per heavy atom. The molecule has 6 heteroatoms. The summed E-state index contributed by atoms with van der Waals surface area (Å²) in [6, 6.07) is 12.4. The van der Waals surface area contributed by atoms with E-state index in [0.717, 1.165) is 42.0 Å². The van der Waals surface area contributed by atoms with Crippen LogP contribution in [0.15, 0.2) is 41.2 Å². The Morgan fingerprint density at radius 3 is 2.48 bits per heavy atom. The second-order valence-electron chi connectivity index (χ2n) is 7.19. The topological polar surface area (TPSA) is 73.1 Å². The summed E-state index contributed by atoms with van der Waals surface area (Å²) in [7, 11) is 1.74. The molecule has 1 saturated heterocycles. The molecule has 0 aliphatic carbocycles. The Hall–Kier alpha value is -2.57. The second-order valence-corrected chi connectivity index (χ2v) is 7.19. The molecule has 27 heavy (non-hydrogen) atoms. The van der Waals surface area contributed by atoms with Gasteiger partial charge < -0.3 is 20.0 Å². The summed E-state index contributed by atoms with van der Waals surface area (Å²) in [6.45, 7) is 4.84. The number of benzene rings is 2. The lowest BCUT2D eigenvalue weighted by Crippen LogP contribution is -2.19. The molecule has 0 spiro atoms. The molecule has 3 N–H and O–H groups in total. The number of aromatic nitrogens is 2. The average Bonchev–Trinajstić information content (AvgIpc) is 3.30. The maximum Gasteiger partial charge on any atom is 0.323 e. The Balaban J connectivity index is 1.40. The number of likely N-dealkylation sites (tertiary alicyclic amines) is 1. The van der Waals surface area contributed by atoms with Crippen LogP contribution in [-0.4, -0.2) is 35.1 Å². The molecule has 1 aliphatic heterocycles. The van der Waals surface area contributed by atoms with Gasteiger partial charge in [0.1, 0.15) is 5.75 Å². The van der Waals surface area contributed by atoms with Crippen molar-refractivity contribution < 1.29 is 4.74 Å². The zero-order chi connectivity index (χ0) is 18.6. The van der Waals surface area contributed by atoms with Gasteiger partial charge in [0.05, 0.1) is 18.1 Å². The maximum atomic E-state index is 11.4. The Morgan fingerprint density at radius 1 is 1.00 bits per heavy atom. The fourth-order valence-corrected chi connectivity index (χ4v) is 3.79. The molecule has 1 aromatic heterocycles. The monoisotopic (exact) mass is 366 g/mol. The van der Waals surface area contributed by atoms with Crippen molar-refractivity contribution in [3.63, 3.8) is 0 Å². The van der Waals surface area contributed by atoms with Gasteiger partial charge in [-0.15, -0.1) is 0 Å². The standard InChI is InChI=1S/C21H26N4O2/c1-27-20-7-5-15(10-17(20)14-25-8-2-3-9-25)12-22-13-16-4-6-18-19(11-16)24-21(26)23-18/h4-7,10-11,22H,2-3,8-9,12-14H2,1H3,(H2,23,24,26). The molecule has 2 heterocycles. The molecule has 3 aromatic rings. The number of aromatic amines is 2. The van der Waals surface area contributed by atoms with E-state index in [2.05, 4.69) is 38.4 Å². The van der Waals surface area contributed by atoms with E-state index in [9.17, 15) is 4.79 Å². The van der Waals surface area contributed by atoms with Crippen molar-refractivity contribution in [2.24, 2.45) is 0 Å². The summed E-state index contributed by atoms with van der Waals surface area (Å²) in [4.78, 5) is 19.4. The largest absolute Gasteiger partial charge is 0.496 e. The fourth-order valence-electron chi connectivity index (χ4n) is 3.79. The highest BCUT2D eigenvalue weighted by molar-refractivity contribution is 5.74. The number of imidazole rings is 1. The van der Waals surface area contributed by atoms with Crippen molar-refractivity contribution >= 4 is 11.0 Å². The molecule has 0 saturated carbocycles. The minimum Gasteiger partial charge on any atom is -0.496 e. The van der Waals surface area contributed by atoms with Crippen molar-refractivity contribution in [3.8, 4) is 5.75 Å². The van der Waals surface area contributed by atoms with E-state index in [1.807, 2.05) is 18.2 Å². The number of rotatable bonds is 7. The van der Waals surface area contributed by atoms with Crippen molar-refractivity contribution in [1.29, 1.82) is 0 Å². The third-order valence-corrected chi connectivity index (χ3v) is 5.18. The Kier molecular flexibility index (Phi) is 5.27. The summed E-state index contributed by atoms with van der Waals surface area (Å²) in [5.74, 6) is 0.965. The molecule has 0 unspecified atom stereocenters. The van der Waals surface area contributed by atoms with Crippen molar-refractivity contribution in [1.82, 2.24) is 20.2 Å². The number of methoxy groups -OCH3 is 1. The van der Waals surface area contributed by atoms with Crippen LogP contribution >= 0.6 is 0 Å². The van der Waals surface area contributed by atoms with Gasteiger partial charge in [-0.2, -0.15) is 0 Å². The molecule has 6 nitrogen and oxygen atoms in total. The van der Waals surface area contributed by atoms with E-state index < -0.39 is 0 Å². The van der Waals surface area contributed by atoms with Gasteiger partial charge in [0.2, 0.25) is 0 Å². The van der Waals surface area contributed by atoms with Crippen LogP contribution in [0.2, 0.25) is 0 Å². The smallest absolute Gasteiger partial charge is 0.323 e. The summed E-state index contributed by atoms with van der Waals surface area (Å²) in [6.07, 6.45) is 2.58. The van der Waals surface area contributed by atoms with E-state index >= 15 is 0 Å². The number of H-pyrrole nitrogens is 2. The Labute approximate surface area is 158 Å². The average molecular weight is 366 g/mol. The molecule has 0 amide bonds. The van der Waals surface area contributed by atoms with E-state index in [1.165, 1.54) is 37.1 Å². The molecular weight excluding hydrogens is 340 g/mol. The van der Waals surface area contributed by atoms with E-state index in [-0.39, 0.29) is 5.69 Å². The predicted octanol–water partition coefficient (Wildman–Crippen LogP) is 2.75. The van der Waals surface area contributed by atoms with Gasteiger partial charge in [-0.05, 0) is 61.3 Å². The highest BCUT2D eigenvalue weighted by Gasteiger charge is 2.14. The van der Waals surface area contributed by atoms with Gasteiger partial charge in [-0.1, -0.05) is 12.1 Å². The van der Waals surface area contributed by atoms with Crippen molar-refractivity contribution in [3.05, 3.63) is 63.6 Å². The van der Waals surface area contributed by atoms with Crippen LogP contribution in [0, 0.1) is 0 Å². The van der Waals surface area contributed by atoms with Crippen LogP contribution in [0.25, 0.3) is 11.0 Å². The van der Waals surface area contributed by atoms with Crippen LogP contribution in [0.1, 0.15) is 29.5 Å². The Bertz CT molecular complexity index is 970. The third kappa shape index (κ3) is 4.23. The quantitative estimate of drug-likeness (QED) is 0.601. The highest BCUT2D eigenvalue weighted by atomic mass is 16.5. The summed E-state index contributed by atoms with van der Waals surface area (Å²) in [5.41, 5.74) is 5.16. The van der Waals surface area contributed by atoms with Gasteiger partial charge in [0.25, 0.3) is 0 Å². The van der Waals surface area contributed by atoms with Crippen LogP contribution in [0.4, 0.5) is 0 Å². The first-order valence-corrected chi connectivity index (χ1v) is 9.51. The lowest BCUT2D eigenvalue weighted by molar-refractivity contribution is 0.320. The molecule has 0 atom stereocenters. The summed E-state index contributed by atoms with van der Waals surface area (Å²) in [5, 5.41) is 3.49. The molecule has 2 aromatic carbocycles. The van der Waals surface area contributed by atoms with Gasteiger partial charge >= 0.3 is 5.69 Å². The maximum absolute atomic E-state index is 11.4. The normalized spacial score (nSPS) is 14.9. The van der Waals surface area contributed by atoms with Gasteiger partial charge in [-0.3, -0.25) is 4.90 Å². The van der Waals surface area contributed by atoms with Gasteiger partial charge in [0, 0.05) is 25.2 Å². The van der Waals surface area contributed by atoms with Crippen LogP contribution in [0.5, 0.6) is 5.75 Å². The van der Waals surface area contributed by atoms with Crippen LogP contribution in [0.3, 0.4) is 0 Å². The lowest BCUT2D eigenvalue weighted by atomic mass is 10.1. The zero-order valence-corrected chi connectivity index (χ0v) is 15.7. The minimum atomic E-state index is -0.168. The molecule has 4 rings (SSSR count). The van der Waals surface area contributed by atoms with E-state index in [0.29, 0.717) is 0 Å². The van der Waals surface area contributed by atoms with Crippen molar-refractivity contribution in [2.75, 3.05) is 20.2 Å². The predicted molar refractivity (Wildman–Crippen MR) is 107 cm³/mol. The van der Waals surface area contributed by atoms with Crippen molar-refractivity contribution in [2.45, 2.75) is 32.5 Å². The number of ether oxygens (including phenoxy) is 1. The lowest BCUT2D eigenvalue weighted by Gasteiger charge is -2.18. The fraction of sp³-hybridized carbons (Fsp3) is 0.381. The number of nitrogens with one attached hydrogen (secondary N) is 3. The number of nitrogens with zero attached hydrogens (tertiary/aromatic N) is 1. The van der Waals surface area contributed by atoms with Crippen LogP contribution in [-0.2, 0) is 19.6 Å². The number of hydrogen-bond donors (Lipinski definition) is 3. The third-order valence-electron chi connectivity index (χ3n) is 5.18. The van der Waals surface area contributed by atoms with Gasteiger partial charge in [-0.25, -0.2) is 4.79 Å². The first-order chi connectivity index (χ1) is 13.2. The SMILES string of the molecule is COc1ccc(CNCc2ccc3[nH]c(=O)[nH]c3c2)cc1CN1CCCC1. The second kappa shape index (κ2) is 7.98. The number of hydrogen-bond acceptors (Lipinski definition) is 4. The number of fused-ring (bicyclic) bond motifs is 1. The summed E-state index contributed by atoms with van der Waals surface area (Å²) >= 11 is 0. The van der Waals surface area contributed by atoms with E-state index in [4.69, 9.17) is 4.74 Å². The van der Waals surface area contributed by atoms with E-state index in [1.54, 1.807) is 7.11 Å².